The van der Waals surface area contributed by atoms with Crippen LogP contribution in [0, 0.1) is 5.92 Å². The molecule has 0 heterocycles. The van der Waals surface area contributed by atoms with Gasteiger partial charge in [0.2, 0.25) is 0 Å². The van der Waals surface area contributed by atoms with E-state index in [0.29, 0.717) is 12.0 Å². The number of allylic oxidation sites excluding steroid dienone is 1. The maximum absolute atomic E-state index is 12.0. The topological polar surface area (TPSA) is 107 Å². The molecule has 0 aliphatic heterocycles. The molecule has 3 atom stereocenters. The molecular weight excluding hydrogens is 252 g/mol. The van der Waals surface area contributed by atoms with Crippen molar-refractivity contribution in [2.75, 3.05) is 13.2 Å². The minimum Gasteiger partial charge on any atom is -0.508 e. The zero-order valence-corrected chi connectivity index (χ0v) is 11.0. The Morgan fingerprint density at radius 2 is 2.21 bits per heavy atom. The van der Waals surface area contributed by atoms with Gasteiger partial charge in [-0.2, -0.15) is 0 Å². The molecule has 0 aromatic carbocycles. The SMILES string of the molecule is CCC1=CC(O)=CC(C)(O)C1C(=O)OCC(O)CO. The molecule has 0 saturated carbocycles. The van der Waals surface area contributed by atoms with E-state index >= 15 is 0 Å². The van der Waals surface area contributed by atoms with E-state index in [2.05, 4.69) is 0 Å². The van der Waals surface area contributed by atoms with Gasteiger partial charge < -0.3 is 25.2 Å². The number of hydrogen-bond donors (Lipinski definition) is 4. The summed E-state index contributed by atoms with van der Waals surface area (Å²) in [6.07, 6.45) is 1.93. The van der Waals surface area contributed by atoms with Crippen molar-refractivity contribution in [3.63, 3.8) is 0 Å². The van der Waals surface area contributed by atoms with Crippen LogP contribution in [0.5, 0.6) is 0 Å². The van der Waals surface area contributed by atoms with Gasteiger partial charge in [-0.25, -0.2) is 0 Å². The number of hydrogen-bond acceptors (Lipinski definition) is 6. The molecule has 0 bridgehead atoms. The van der Waals surface area contributed by atoms with Crippen LogP contribution in [0.1, 0.15) is 20.3 Å². The van der Waals surface area contributed by atoms with Gasteiger partial charge in [-0.1, -0.05) is 6.92 Å². The van der Waals surface area contributed by atoms with Gasteiger partial charge in [-0.15, -0.1) is 0 Å². The zero-order valence-electron chi connectivity index (χ0n) is 11.0. The molecule has 0 radical (unpaired) electrons. The van der Waals surface area contributed by atoms with E-state index < -0.39 is 30.2 Å². The van der Waals surface area contributed by atoms with Gasteiger partial charge in [-0.3, -0.25) is 4.79 Å². The van der Waals surface area contributed by atoms with Crippen molar-refractivity contribution < 1.29 is 30.0 Å². The van der Waals surface area contributed by atoms with Crippen LogP contribution in [0.2, 0.25) is 0 Å². The highest BCUT2D eigenvalue weighted by Crippen LogP contribution is 2.34. The second kappa shape index (κ2) is 6.18. The normalized spacial score (nSPS) is 28.4. The van der Waals surface area contributed by atoms with Crippen LogP contribution in [0.15, 0.2) is 23.5 Å². The second-order valence-corrected chi connectivity index (χ2v) is 4.77. The number of esters is 1. The lowest BCUT2D eigenvalue weighted by Gasteiger charge is -2.33. The quantitative estimate of drug-likeness (QED) is 0.526. The van der Waals surface area contributed by atoms with Crippen LogP contribution >= 0.6 is 0 Å². The van der Waals surface area contributed by atoms with Crippen molar-refractivity contribution in [2.45, 2.75) is 32.0 Å². The first-order valence-corrected chi connectivity index (χ1v) is 6.12. The minimum absolute atomic E-state index is 0.0960. The maximum atomic E-state index is 12.0. The van der Waals surface area contributed by atoms with Crippen molar-refractivity contribution in [1.82, 2.24) is 0 Å². The van der Waals surface area contributed by atoms with E-state index in [4.69, 9.17) is 14.9 Å². The van der Waals surface area contributed by atoms with Gasteiger partial charge in [0.05, 0.1) is 6.61 Å². The molecule has 0 spiro atoms. The summed E-state index contributed by atoms with van der Waals surface area (Å²) in [5.41, 5.74) is -1.00. The summed E-state index contributed by atoms with van der Waals surface area (Å²) < 4.78 is 4.88. The number of ether oxygens (including phenoxy) is 1. The average Bonchev–Trinajstić information content (AvgIpc) is 2.33. The van der Waals surface area contributed by atoms with E-state index in [1.165, 1.54) is 19.1 Å². The highest BCUT2D eigenvalue weighted by molar-refractivity contribution is 5.78. The van der Waals surface area contributed by atoms with Gasteiger partial charge in [-0.05, 0) is 31.1 Å². The smallest absolute Gasteiger partial charge is 0.316 e. The lowest BCUT2D eigenvalue weighted by atomic mass is 9.78. The standard InChI is InChI=1S/C13H20O6/c1-3-8-4-9(15)5-13(2,18)11(8)12(17)19-7-10(16)6-14/h4-5,10-11,14-16,18H,3,6-7H2,1-2H3. The van der Waals surface area contributed by atoms with Crippen LogP contribution in [0.4, 0.5) is 0 Å². The first-order chi connectivity index (χ1) is 8.81. The first kappa shape index (κ1) is 15.7. The Balaban J connectivity index is 2.85. The first-order valence-electron chi connectivity index (χ1n) is 6.12. The van der Waals surface area contributed by atoms with Crippen molar-refractivity contribution >= 4 is 5.97 Å². The third-order valence-corrected chi connectivity index (χ3v) is 3.00. The van der Waals surface area contributed by atoms with E-state index in [1.807, 2.05) is 0 Å². The number of aliphatic hydroxyl groups is 4. The Labute approximate surface area is 111 Å². The van der Waals surface area contributed by atoms with Gasteiger partial charge >= 0.3 is 5.97 Å². The van der Waals surface area contributed by atoms with Crippen LogP contribution in [-0.2, 0) is 9.53 Å². The van der Waals surface area contributed by atoms with Crippen LogP contribution < -0.4 is 0 Å². The summed E-state index contributed by atoms with van der Waals surface area (Å²) in [6, 6.07) is 0. The summed E-state index contributed by atoms with van der Waals surface area (Å²) in [5.74, 6) is -1.73. The van der Waals surface area contributed by atoms with Gasteiger partial charge in [0, 0.05) is 0 Å². The van der Waals surface area contributed by atoms with Crippen molar-refractivity contribution in [3.05, 3.63) is 23.5 Å². The number of aliphatic hydroxyl groups excluding tert-OH is 3. The maximum Gasteiger partial charge on any atom is 0.316 e. The predicted octanol–water partition coefficient (Wildman–Crippen LogP) is 0.0419. The molecule has 0 fully saturated rings. The van der Waals surface area contributed by atoms with E-state index in [9.17, 15) is 15.0 Å². The lowest BCUT2D eigenvalue weighted by molar-refractivity contribution is -0.156. The monoisotopic (exact) mass is 272 g/mol. The summed E-state index contributed by atoms with van der Waals surface area (Å²) in [5, 5.41) is 37.5. The summed E-state index contributed by atoms with van der Waals surface area (Å²) in [6.45, 7) is 2.35. The fourth-order valence-electron chi connectivity index (χ4n) is 2.08. The van der Waals surface area contributed by atoms with Gasteiger partial charge in [0.1, 0.15) is 30.0 Å². The summed E-state index contributed by atoms with van der Waals surface area (Å²) in [7, 11) is 0. The van der Waals surface area contributed by atoms with E-state index in [-0.39, 0.29) is 12.4 Å². The Morgan fingerprint density at radius 3 is 2.74 bits per heavy atom. The lowest BCUT2D eigenvalue weighted by Crippen LogP contribution is -2.43. The largest absolute Gasteiger partial charge is 0.508 e. The molecule has 1 rings (SSSR count). The Bertz CT molecular complexity index is 396. The Kier molecular flexibility index (Phi) is 5.11. The molecule has 1 aliphatic carbocycles. The van der Waals surface area contributed by atoms with Gasteiger partial charge in [0.15, 0.2) is 0 Å². The predicted molar refractivity (Wildman–Crippen MR) is 67.3 cm³/mol. The van der Waals surface area contributed by atoms with E-state index in [0.717, 1.165) is 0 Å². The molecule has 1 aliphatic rings. The fourth-order valence-corrected chi connectivity index (χ4v) is 2.08. The van der Waals surface area contributed by atoms with Crippen molar-refractivity contribution in [2.24, 2.45) is 5.92 Å². The molecule has 0 aromatic heterocycles. The molecule has 3 unspecified atom stereocenters. The Hall–Kier alpha value is -1.37. The third kappa shape index (κ3) is 3.79. The van der Waals surface area contributed by atoms with Crippen molar-refractivity contribution in [3.8, 4) is 0 Å². The average molecular weight is 272 g/mol. The van der Waals surface area contributed by atoms with E-state index in [1.54, 1.807) is 6.92 Å². The fraction of sp³-hybridized carbons (Fsp3) is 0.615. The second-order valence-electron chi connectivity index (χ2n) is 4.77. The molecule has 0 saturated heterocycles. The Morgan fingerprint density at radius 1 is 1.58 bits per heavy atom. The third-order valence-electron chi connectivity index (χ3n) is 3.00. The molecule has 6 nitrogen and oxygen atoms in total. The molecule has 108 valence electrons. The molecule has 0 aromatic rings. The summed E-state index contributed by atoms with van der Waals surface area (Å²) in [4.78, 5) is 12.0. The minimum atomic E-state index is -1.55. The molecular formula is C13H20O6. The zero-order chi connectivity index (χ0) is 14.6. The van der Waals surface area contributed by atoms with Crippen LogP contribution in [0.3, 0.4) is 0 Å². The molecule has 6 heteroatoms. The van der Waals surface area contributed by atoms with Crippen molar-refractivity contribution in [1.29, 1.82) is 0 Å². The summed E-state index contributed by atoms with van der Waals surface area (Å²) >= 11 is 0. The number of carbonyl (C=O) groups is 1. The molecule has 19 heavy (non-hydrogen) atoms. The van der Waals surface area contributed by atoms with Crippen LogP contribution in [-0.4, -0.2) is 51.3 Å². The number of carbonyl (C=O) groups excluding carboxylic acids is 1. The highest BCUT2D eigenvalue weighted by atomic mass is 16.5. The molecule has 0 amide bonds. The van der Waals surface area contributed by atoms with Crippen LogP contribution in [0.25, 0.3) is 0 Å². The van der Waals surface area contributed by atoms with Gasteiger partial charge in [0.25, 0.3) is 0 Å². The highest BCUT2D eigenvalue weighted by Gasteiger charge is 2.41. The molecule has 4 N–H and O–H groups in total. The number of rotatable bonds is 5.